The number of nitrogens with zero attached hydrogens (tertiary/aromatic N) is 3. The third kappa shape index (κ3) is 11.4. The monoisotopic (exact) mass is 1140 g/mol. The highest BCUT2D eigenvalue weighted by molar-refractivity contribution is 5.88. The molecule has 1 aliphatic rings. The molecule has 0 radical (unpaired) electrons. The number of fused-ring (bicyclic) bond motifs is 3. The normalized spacial score (nSPS) is 12.1. The van der Waals surface area contributed by atoms with E-state index in [0.717, 1.165) is 79.9 Å². The van der Waals surface area contributed by atoms with Crippen molar-refractivity contribution in [1.29, 1.82) is 0 Å². The second-order valence-corrected chi connectivity index (χ2v) is 24.5. The van der Waals surface area contributed by atoms with Gasteiger partial charge in [-0.2, -0.15) is 0 Å². The van der Waals surface area contributed by atoms with E-state index in [9.17, 15) is 0 Å². The van der Waals surface area contributed by atoms with Crippen LogP contribution >= 0.6 is 0 Å². The van der Waals surface area contributed by atoms with Gasteiger partial charge in [0.05, 0.1) is 5.41 Å². The quantitative estimate of drug-likeness (QED) is 0.0793. The maximum Gasteiger partial charge on any atom is 0.0713 e. The Kier molecular flexibility index (Phi) is 16.1. The molecule has 1 aliphatic carbocycles. The van der Waals surface area contributed by atoms with Crippen molar-refractivity contribution in [1.82, 2.24) is 0 Å². The van der Waals surface area contributed by atoms with E-state index in [1.165, 1.54) is 98.0 Å². The first-order chi connectivity index (χ1) is 43.0. The number of benzene rings is 12. The van der Waals surface area contributed by atoms with Crippen LogP contribution in [0.25, 0.3) is 33.4 Å². The summed E-state index contributed by atoms with van der Waals surface area (Å²) in [6.07, 6.45) is 6.13. The molecule has 3 heteroatoms. The summed E-state index contributed by atoms with van der Waals surface area (Å²) >= 11 is 0. The Labute approximate surface area is 522 Å². The Balaban J connectivity index is 0.881. The molecule has 0 amide bonds. The highest BCUT2D eigenvalue weighted by Gasteiger charge is 2.46. The van der Waals surface area contributed by atoms with Crippen LogP contribution in [-0.4, -0.2) is 0 Å². The van der Waals surface area contributed by atoms with E-state index in [2.05, 4.69) is 342 Å². The minimum absolute atomic E-state index is 0.518. The molecule has 13 rings (SSSR count). The van der Waals surface area contributed by atoms with Crippen molar-refractivity contribution in [2.24, 2.45) is 0 Å². The van der Waals surface area contributed by atoms with Gasteiger partial charge in [-0.1, -0.05) is 207 Å². The van der Waals surface area contributed by atoms with E-state index >= 15 is 0 Å². The van der Waals surface area contributed by atoms with Crippen LogP contribution in [0.2, 0.25) is 0 Å². The molecule has 0 aromatic heterocycles. The number of aryl methyl sites for hydroxylation is 7. The molecule has 3 nitrogen and oxygen atoms in total. The molecule has 432 valence electrons. The Morgan fingerprint density at radius 3 is 0.875 bits per heavy atom. The highest BCUT2D eigenvalue weighted by atomic mass is 15.2. The molecular formula is C85H77N3. The van der Waals surface area contributed by atoms with E-state index in [1.54, 1.807) is 0 Å². The number of anilines is 9. The molecule has 12 aromatic carbocycles. The third-order valence-electron chi connectivity index (χ3n) is 17.9. The van der Waals surface area contributed by atoms with Gasteiger partial charge in [0, 0.05) is 51.2 Å². The summed E-state index contributed by atoms with van der Waals surface area (Å²) in [5.74, 6) is 0. The molecule has 12 aromatic rings. The topological polar surface area (TPSA) is 9.72 Å². The van der Waals surface area contributed by atoms with E-state index in [-0.39, 0.29) is 0 Å². The maximum atomic E-state index is 2.45. The molecule has 0 saturated carbocycles. The number of rotatable bonds is 18. The summed E-state index contributed by atoms with van der Waals surface area (Å²) in [6, 6.07) is 105. The van der Waals surface area contributed by atoms with Crippen LogP contribution in [-0.2, 0) is 11.8 Å². The predicted molar refractivity (Wildman–Crippen MR) is 375 cm³/mol. The molecule has 0 fully saturated rings. The van der Waals surface area contributed by atoms with Crippen LogP contribution < -0.4 is 14.7 Å². The molecule has 0 unspecified atom stereocenters. The maximum absolute atomic E-state index is 2.45. The van der Waals surface area contributed by atoms with E-state index in [1.807, 2.05) is 0 Å². The number of hydrogen-bond donors (Lipinski definition) is 0. The third-order valence-corrected chi connectivity index (χ3v) is 17.9. The van der Waals surface area contributed by atoms with Crippen LogP contribution in [0.5, 0.6) is 0 Å². The summed E-state index contributed by atoms with van der Waals surface area (Å²) in [6.45, 7) is 15.4. The van der Waals surface area contributed by atoms with Crippen molar-refractivity contribution in [2.45, 2.75) is 86.0 Å². The zero-order chi connectivity index (χ0) is 60.3. The average molecular weight is 1140 g/mol. The van der Waals surface area contributed by atoms with Gasteiger partial charge in [0.1, 0.15) is 0 Å². The van der Waals surface area contributed by atoms with Crippen LogP contribution in [0.15, 0.2) is 279 Å². The SMILES string of the molecule is CCCCCCc1ccc(C2(c3ccc(N(c4ccc(-c5ccc(N(c6cccc(C)c6)c6cccc(C)c6)cc5)cc4)c4ccc(-c5ccc(N(c6cccc(C)c6)c6cccc(C)c6)cc5)cc4)cc3)c3cc(C)ccc3-c3ccc(C)cc32)cc1. The first kappa shape index (κ1) is 57.1. The van der Waals surface area contributed by atoms with Crippen molar-refractivity contribution in [2.75, 3.05) is 14.7 Å². The Morgan fingerprint density at radius 2 is 0.557 bits per heavy atom. The molecular weight excluding hydrogens is 1060 g/mol. The van der Waals surface area contributed by atoms with Crippen LogP contribution in [0.1, 0.15) is 93.8 Å². The van der Waals surface area contributed by atoms with Gasteiger partial charge < -0.3 is 14.7 Å². The highest BCUT2D eigenvalue weighted by Crippen LogP contribution is 2.57. The minimum atomic E-state index is -0.518. The summed E-state index contributed by atoms with van der Waals surface area (Å²) < 4.78 is 0. The summed E-state index contributed by atoms with van der Waals surface area (Å²) in [5, 5.41) is 0. The van der Waals surface area contributed by atoms with Gasteiger partial charge in [-0.25, -0.2) is 0 Å². The summed E-state index contributed by atoms with van der Waals surface area (Å²) in [5.41, 5.74) is 30.9. The lowest BCUT2D eigenvalue weighted by Gasteiger charge is -2.35. The molecule has 0 bridgehead atoms. The van der Waals surface area contributed by atoms with E-state index < -0.39 is 5.41 Å². The fourth-order valence-electron chi connectivity index (χ4n) is 13.5. The van der Waals surface area contributed by atoms with Gasteiger partial charge in [0.2, 0.25) is 0 Å². The number of unbranched alkanes of at least 4 members (excludes halogenated alkanes) is 3. The fraction of sp³-hybridized carbons (Fsp3) is 0.153. The lowest BCUT2D eigenvalue weighted by Crippen LogP contribution is -2.29. The largest absolute Gasteiger partial charge is 0.311 e. The molecule has 0 atom stereocenters. The average Bonchev–Trinajstić information content (AvgIpc) is 1.54. The molecule has 0 N–H and O–H groups in total. The van der Waals surface area contributed by atoms with E-state index in [0.29, 0.717) is 0 Å². The first-order valence-corrected chi connectivity index (χ1v) is 31.5. The predicted octanol–water partition coefficient (Wildman–Crippen LogP) is 23.8. The van der Waals surface area contributed by atoms with Gasteiger partial charge in [0.15, 0.2) is 0 Å². The molecule has 0 aliphatic heterocycles. The lowest BCUT2D eigenvalue weighted by molar-refractivity contribution is 0.666. The molecule has 0 heterocycles. The van der Waals surface area contributed by atoms with Crippen molar-refractivity contribution < 1.29 is 0 Å². The standard InChI is InChI=1S/C85H77N3/c1-8-9-10-11-20-65-27-37-70(38-28-65)85(83-57-63(6)25-51-81(83)82-52-26-64(7)58-84(82)85)71-39-49-76(50-40-71)86(72-41-29-66(30-42-72)68-33-45-74(46-34-68)87(77-21-12-16-59(2)53-77)78-22-13-17-60(3)54-78)73-43-31-67(32-44-73)69-35-47-75(48-36-69)88(79-23-14-18-61(4)55-79)80-24-15-19-62(5)56-80/h12-19,21-58H,8-11,20H2,1-7H3. The molecule has 0 spiro atoms. The van der Waals surface area contributed by atoms with Gasteiger partial charge in [-0.3, -0.25) is 0 Å². The van der Waals surface area contributed by atoms with Crippen molar-refractivity contribution in [3.63, 3.8) is 0 Å². The summed E-state index contributed by atoms with van der Waals surface area (Å²) in [7, 11) is 0. The Bertz CT molecular complexity index is 4080. The van der Waals surface area contributed by atoms with E-state index in [4.69, 9.17) is 0 Å². The van der Waals surface area contributed by atoms with Gasteiger partial charge >= 0.3 is 0 Å². The van der Waals surface area contributed by atoms with Crippen LogP contribution in [0.4, 0.5) is 51.2 Å². The van der Waals surface area contributed by atoms with Crippen molar-refractivity contribution in [3.05, 3.63) is 340 Å². The van der Waals surface area contributed by atoms with Gasteiger partial charge in [0.25, 0.3) is 0 Å². The zero-order valence-corrected chi connectivity index (χ0v) is 51.9. The zero-order valence-electron chi connectivity index (χ0n) is 51.9. The number of hydrogen-bond acceptors (Lipinski definition) is 3. The van der Waals surface area contributed by atoms with Crippen molar-refractivity contribution >= 4 is 51.2 Å². The summed E-state index contributed by atoms with van der Waals surface area (Å²) in [4.78, 5) is 7.12. The van der Waals surface area contributed by atoms with Crippen LogP contribution in [0.3, 0.4) is 0 Å². The Morgan fingerprint density at radius 1 is 0.261 bits per heavy atom. The lowest BCUT2D eigenvalue weighted by atomic mass is 9.67. The van der Waals surface area contributed by atoms with Gasteiger partial charge in [-0.05, 0) is 247 Å². The van der Waals surface area contributed by atoms with Crippen LogP contribution in [0, 0.1) is 41.5 Å². The van der Waals surface area contributed by atoms with Gasteiger partial charge in [-0.15, -0.1) is 0 Å². The minimum Gasteiger partial charge on any atom is -0.311 e. The first-order valence-electron chi connectivity index (χ1n) is 31.5. The smallest absolute Gasteiger partial charge is 0.0713 e. The Hall–Kier alpha value is -9.96. The second-order valence-electron chi connectivity index (χ2n) is 24.5. The van der Waals surface area contributed by atoms with Crippen molar-refractivity contribution in [3.8, 4) is 33.4 Å². The molecule has 88 heavy (non-hydrogen) atoms. The second kappa shape index (κ2) is 24.8. The molecule has 0 saturated heterocycles. The fourth-order valence-corrected chi connectivity index (χ4v) is 13.5.